The SMILES string of the molecule is COc1c2cc3c(noc3c1Cl)CCCc1cc(F)ncc1-c1cc(c(F)cc1F)NS2(=O)=O. The number of hydrogen-bond acceptors (Lipinski definition) is 6. The van der Waals surface area contributed by atoms with Gasteiger partial charge in [0.15, 0.2) is 11.3 Å². The summed E-state index contributed by atoms with van der Waals surface area (Å²) < 4.78 is 82.6. The number of nitrogens with zero attached hydrogens (tertiary/aromatic N) is 2. The molecule has 0 spiro atoms. The Labute approximate surface area is 196 Å². The summed E-state index contributed by atoms with van der Waals surface area (Å²) >= 11 is 6.35. The molecule has 2 aromatic carbocycles. The second-order valence-electron chi connectivity index (χ2n) is 7.66. The molecule has 7 nitrogen and oxygen atoms in total. The molecule has 5 rings (SSSR count). The number of pyridine rings is 1. The van der Waals surface area contributed by atoms with E-state index in [-0.39, 0.29) is 32.4 Å². The minimum atomic E-state index is -4.47. The summed E-state index contributed by atoms with van der Waals surface area (Å²) in [5.41, 5.74) is 0.511. The van der Waals surface area contributed by atoms with Crippen molar-refractivity contribution in [1.29, 1.82) is 0 Å². The van der Waals surface area contributed by atoms with Crippen molar-refractivity contribution in [1.82, 2.24) is 10.1 Å². The molecule has 4 bridgehead atoms. The van der Waals surface area contributed by atoms with Crippen LogP contribution in [0.4, 0.5) is 18.9 Å². The summed E-state index contributed by atoms with van der Waals surface area (Å²) in [6.45, 7) is 0. The topological polar surface area (TPSA) is 94.3 Å². The molecule has 176 valence electrons. The van der Waals surface area contributed by atoms with Crippen LogP contribution in [0.5, 0.6) is 5.75 Å². The van der Waals surface area contributed by atoms with E-state index < -0.39 is 33.3 Å². The molecule has 0 saturated heterocycles. The minimum Gasteiger partial charge on any atom is -0.494 e. The number of aryl methyl sites for hydroxylation is 2. The zero-order chi connectivity index (χ0) is 24.2. The lowest BCUT2D eigenvalue weighted by Gasteiger charge is -2.16. The molecule has 3 heterocycles. The maximum atomic E-state index is 14.8. The average Bonchev–Trinajstić information content (AvgIpc) is 3.19. The number of rotatable bonds is 1. The molecule has 1 N–H and O–H groups in total. The van der Waals surface area contributed by atoms with Gasteiger partial charge < -0.3 is 9.26 Å². The highest BCUT2D eigenvalue weighted by Crippen LogP contribution is 2.41. The summed E-state index contributed by atoms with van der Waals surface area (Å²) in [6.07, 6.45) is 2.18. The number of nitrogens with one attached hydrogen (secondary N) is 1. The number of anilines is 1. The highest BCUT2D eigenvalue weighted by Gasteiger charge is 2.29. The van der Waals surface area contributed by atoms with Crippen LogP contribution < -0.4 is 9.46 Å². The number of ether oxygens (including phenoxy) is 1. The Balaban J connectivity index is 1.80. The summed E-state index contributed by atoms with van der Waals surface area (Å²) in [4.78, 5) is 3.22. The Bertz CT molecular complexity index is 1570. The molecule has 2 aromatic heterocycles. The van der Waals surface area contributed by atoms with Crippen molar-refractivity contribution in [2.24, 2.45) is 0 Å². The summed E-state index contributed by atoms with van der Waals surface area (Å²) in [5, 5.41) is 4.22. The summed E-state index contributed by atoms with van der Waals surface area (Å²) in [5.74, 6) is -3.09. The van der Waals surface area contributed by atoms with E-state index in [1.54, 1.807) is 0 Å². The van der Waals surface area contributed by atoms with Gasteiger partial charge in [-0.3, -0.25) is 4.72 Å². The van der Waals surface area contributed by atoms with E-state index in [1.165, 1.54) is 13.2 Å². The van der Waals surface area contributed by atoms with E-state index in [0.717, 1.165) is 18.3 Å². The molecule has 34 heavy (non-hydrogen) atoms. The van der Waals surface area contributed by atoms with Gasteiger partial charge in [0.2, 0.25) is 5.95 Å². The lowest BCUT2D eigenvalue weighted by molar-refractivity contribution is 0.400. The zero-order valence-electron chi connectivity index (χ0n) is 17.5. The van der Waals surface area contributed by atoms with E-state index in [1.807, 2.05) is 0 Å². The number of methoxy groups -OCH3 is 1. The average molecular weight is 510 g/mol. The van der Waals surface area contributed by atoms with E-state index in [9.17, 15) is 21.6 Å². The third kappa shape index (κ3) is 3.64. The van der Waals surface area contributed by atoms with Crippen LogP contribution >= 0.6 is 11.6 Å². The van der Waals surface area contributed by atoms with Gasteiger partial charge in [0.1, 0.15) is 21.6 Å². The molecule has 0 unspecified atom stereocenters. The third-order valence-corrected chi connectivity index (χ3v) is 7.32. The Kier molecular flexibility index (Phi) is 5.40. The molecule has 0 fully saturated rings. The van der Waals surface area contributed by atoms with Gasteiger partial charge in [-0.1, -0.05) is 16.8 Å². The van der Waals surface area contributed by atoms with Crippen molar-refractivity contribution in [3.8, 4) is 16.9 Å². The molecular weight excluding hydrogens is 495 g/mol. The fraction of sp³-hybridized carbons (Fsp3) is 0.182. The first-order chi connectivity index (χ1) is 16.2. The Morgan fingerprint density at radius 2 is 1.88 bits per heavy atom. The van der Waals surface area contributed by atoms with Gasteiger partial charge in [-0.2, -0.15) is 4.39 Å². The first-order valence-corrected chi connectivity index (χ1v) is 11.9. The number of halogens is 4. The molecule has 0 aliphatic carbocycles. The van der Waals surface area contributed by atoms with Crippen LogP contribution in [0.25, 0.3) is 22.1 Å². The highest BCUT2D eigenvalue weighted by atomic mass is 35.5. The number of sulfonamides is 1. The minimum absolute atomic E-state index is 0.120. The monoisotopic (exact) mass is 509 g/mol. The van der Waals surface area contributed by atoms with Crippen LogP contribution in [0.2, 0.25) is 5.02 Å². The van der Waals surface area contributed by atoms with Crippen molar-refractivity contribution in [3.05, 3.63) is 64.3 Å². The highest BCUT2D eigenvalue weighted by molar-refractivity contribution is 7.92. The van der Waals surface area contributed by atoms with Crippen molar-refractivity contribution in [3.63, 3.8) is 0 Å². The Morgan fingerprint density at radius 1 is 1.09 bits per heavy atom. The molecule has 0 saturated carbocycles. The van der Waals surface area contributed by atoms with E-state index >= 15 is 0 Å². The number of hydrogen-bond donors (Lipinski definition) is 1. The van der Waals surface area contributed by atoms with Gasteiger partial charge in [0.25, 0.3) is 10.0 Å². The van der Waals surface area contributed by atoms with Crippen LogP contribution in [-0.4, -0.2) is 25.7 Å². The van der Waals surface area contributed by atoms with Crippen LogP contribution in [-0.2, 0) is 22.9 Å². The lowest BCUT2D eigenvalue weighted by atomic mass is 9.96. The standard InChI is InChI=1S/C22H15ClF3N3O4S/c1-32-22-18-7-12-16(28-33-21(12)20(22)23)4-2-3-10-5-19(26)27-9-13(10)11-6-17(29-34(18,30)31)15(25)8-14(11)24/h5-9,29H,2-4H2,1H3. The quantitative estimate of drug-likeness (QED) is 0.352. The summed E-state index contributed by atoms with van der Waals surface area (Å²) in [7, 11) is -3.25. The molecule has 1 aliphatic rings. The molecule has 1 aliphatic heterocycles. The van der Waals surface area contributed by atoms with Gasteiger partial charge in [-0.25, -0.2) is 22.2 Å². The van der Waals surface area contributed by atoms with Crippen molar-refractivity contribution >= 4 is 38.3 Å². The van der Waals surface area contributed by atoms with Gasteiger partial charge in [0, 0.05) is 28.8 Å². The van der Waals surface area contributed by atoms with E-state index in [0.29, 0.717) is 42.0 Å². The molecule has 12 heteroatoms. The smallest absolute Gasteiger partial charge is 0.265 e. The molecule has 0 amide bonds. The molecule has 0 radical (unpaired) electrons. The Hall–Kier alpha value is -3.31. The second kappa shape index (κ2) is 8.17. The van der Waals surface area contributed by atoms with E-state index in [4.69, 9.17) is 20.9 Å². The lowest BCUT2D eigenvalue weighted by Crippen LogP contribution is -2.16. The van der Waals surface area contributed by atoms with Crippen LogP contribution in [0.15, 0.2) is 39.9 Å². The number of fused-ring (bicyclic) bond motifs is 5. The first kappa shape index (κ1) is 22.5. The van der Waals surface area contributed by atoms with Crippen molar-refractivity contribution in [2.75, 3.05) is 11.8 Å². The molecule has 0 atom stereocenters. The largest absolute Gasteiger partial charge is 0.494 e. The number of aromatic nitrogens is 2. The fourth-order valence-electron chi connectivity index (χ4n) is 4.01. The second-order valence-corrected chi connectivity index (χ2v) is 9.69. The van der Waals surface area contributed by atoms with Gasteiger partial charge in [-0.15, -0.1) is 0 Å². The predicted octanol–water partition coefficient (Wildman–Crippen LogP) is 5.26. The summed E-state index contributed by atoms with van der Waals surface area (Å²) in [6, 6.07) is 4.00. The normalized spacial score (nSPS) is 15.0. The van der Waals surface area contributed by atoms with Crippen LogP contribution in [0.1, 0.15) is 17.7 Å². The third-order valence-electron chi connectivity index (χ3n) is 5.60. The van der Waals surface area contributed by atoms with Crippen LogP contribution in [0, 0.1) is 17.6 Å². The maximum Gasteiger partial charge on any atom is 0.265 e. The molecule has 4 aromatic rings. The van der Waals surface area contributed by atoms with Crippen molar-refractivity contribution < 1.29 is 30.8 Å². The zero-order valence-corrected chi connectivity index (χ0v) is 19.0. The maximum absolute atomic E-state index is 14.8. The first-order valence-electron chi connectivity index (χ1n) is 10.0. The van der Waals surface area contributed by atoms with Gasteiger partial charge in [-0.05, 0) is 43.0 Å². The van der Waals surface area contributed by atoms with Crippen molar-refractivity contribution in [2.45, 2.75) is 24.2 Å². The number of benzene rings is 2. The Morgan fingerprint density at radius 3 is 2.65 bits per heavy atom. The van der Waals surface area contributed by atoms with Crippen LogP contribution in [0.3, 0.4) is 0 Å². The molecular formula is C22H15ClF3N3O4S. The predicted molar refractivity (Wildman–Crippen MR) is 118 cm³/mol. The van der Waals surface area contributed by atoms with Gasteiger partial charge in [0.05, 0.1) is 18.5 Å². The van der Waals surface area contributed by atoms with E-state index in [2.05, 4.69) is 14.9 Å². The fourth-order valence-corrected chi connectivity index (χ4v) is 5.64. The van der Waals surface area contributed by atoms with Gasteiger partial charge >= 0.3 is 0 Å².